The molecule has 0 saturated carbocycles. The van der Waals surface area contributed by atoms with Crippen LogP contribution < -0.4 is 0 Å². The predicted molar refractivity (Wildman–Crippen MR) is 101 cm³/mol. The van der Waals surface area contributed by atoms with Crippen LogP contribution in [-0.4, -0.2) is 9.38 Å². The van der Waals surface area contributed by atoms with Crippen LogP contribution in [0.4, 0.5) is 0 Å². The van der Waals surface area contributed by atoms with E-state index in [2.05, 4.69) is 66.9 Å². The van der Waals surface area contributed by atoms with Gasteiger partial charge in [0.15, 0.2) is 0 Å². The van der Waals surface area contributed by atoms with Crippen LogP contribution in [-0.2, 0) is 0 Å². The third-order valence-electron chi connectivity index (χ3n) is 5.88. The molecule has 3 heterocycles. The number of fused-ring (bicyclic) bond motifs is 3. The summed E-state index contributed by atoms with van der Waals surface area (Å²) in [7, 11) is 0. The van der Waals surface area contributed by atoms with Crippen molar-refractivity contribution in [3.8, 4) is 0 Å². The molecule has 2 aromatic carbocycles. The van der Waals surface area contributed by atoms with Gasteiger partial charge in [-0.1, -0.05) is 69.2 Å². The first-order valence-corrected chi connectivity index (χ1v) is 9.12. The summed E-state index contributed by atoms with van der Waals surface area (Å²) >= 11 is 0. The molecule has 4 aromatic rings. The molecular formula is C22H22N2. The molecule has 0 fully saturated rings. The summed E-state index contributed by atoms with van der Waals surface area (Å²) in [5.74, 6) is 1.12. The number of imidazole rings is 1. The highest BCUT2D eigenvalue weighted by Gasteiger charge is 2.31. The Kier molecular flexibility index (Phi) is 2.97. The van der Waals surface area contributed by atoms with E-state index in [4.69, 9.17) is 4.98 Å². The van der Waals surface area contributed by atoms with Crippen LogP contribution in [0, 0.1) is 0 Å². The molecule has 0 bridgehead atoms. The van der Waals surface area contributed by atoms with Gasteiger partial charge >= 0.3 is 0 Å². The normalized spacial score (nSPS) is 19.8. The lowest BCUT2D eigenvalue weighted by Gasteiger charge is -2.31. The van der Waals surface area contributed by atoms with E-state index in [1.165, 1.54) is 52.2 Å². The number of hydrogen-bond acceptors (Lipinski definition) is 1. The Bertz CT molecular complexity index is 1070. The highest BCUT2D eigenvalue weighted by atomic mass is 15.0. The van der Waals surface area contributed by atoms with Crippen molar-refractivity contribution in [2.45, 2.75) is 44.9 Å². The van der Waals surface area contributed by atoms with Crippen LogP contribution in [0.1, 0.15) is 56.2 Å². The molecule has 2 unspecified atom stereocenters. The predicted octanol–water partition coefficient (Wildman–Crippen LogP) is 6.03. The largest absolute Gasteiger partial charge is 0.296 e. The number of para-hydroxylation sites is 1. The lowest BCUT2D eigenvalue weighted by molar-refractivity contribution is 0.492. The lowest BCUT2D eigenvalue weighted by Crippen LogP contribution is -2.17. The Morgan fingerprint density at radius 2 is 1.79 bits per heavy atom. The average molecular weight is 314 g/mol. The van der Waals surface area contributed by atoms with E-state index < -0.39 is 0 Å². The minimum atomic E-state index is 0.550. The topological polar surface area (TPSA) is 17.3 Å². The fourth-order valence-corrected chi connectivity index (χ4v) is 4.66. The molecule has 0 aliphatic carbocycles. The van der Waals surface area contributed by atoms with Gasteiger partial charge in [-0.15, -0.1) is 0 Å². The molecule has 2 heteroatoms. The van der Waals surface area contributed by atoms with Crippen molar-refractivity contribution < 1.29 is 0 Å². The van der Waals surface area contributed by atoms with Crippen molar-refractivity contribution in [1.29, 1.82) is 0 Å². The van der Waals surface area contributed by atoms with Crippen LogP contribution in [0.5, 0.6) is 0 Å². The Morgan fingerprint density at radius 3 is 2.62 bits per heavy atom. The maximum atomic E-state index is 4.86. The molecule has 2 atom stereocenters. The molecule has 0 saturated heterocycles. The Balaban J connectivity index is 1.97. The Morgan fingerprint density at radius 1 is 1.00 bits per heavy atom. The summed E-state index contributed by atoms with van der Waals surface area (Å²) in [6.45, 7) is 4.67. The minimum absolute atomic E-state index is 0.550. The summed E-state index contributed by atoms with van der Waals surface area (Å²) in [6, 6.07) is 15.5. The first kappa shape index (κ1) is 14.0. The van der Waals surface area contributed by atoms with Gasteiger partial charge in [-0.25, -0.2) is 4.98 Å². The number of hydrogen-bond donors (Lipinski definition) is 0. The third kappa shape index (κ3) is 1.69. The zero-order chi connectivity index (χ0) is 16.3. The highest BCUT2D eigenvalue weighted by molar-refractivity contribution is 6.12. The Labute approximate surface area is 142 Å². The summed E-state index contributed by atoms with van der Waals surface area (Å²) in [5.41, 5.74) is 5.38. The van der Waals surface area contributed by atoms with E-state index in [1.54, 1.807) is 0 Å². The van der Waals surface area contributed by atoms with Crippen LogP contribution in [0.2, 0.25) is 0 Å². The first-order valence-electron chi connectivity index (χ1n) is 9.12. The molecule has 2 aromatic heterocycles. The molecule has 1 aliphatic heterocycles. The monoisotopic (exact) mass is 314 g/mol. The van der Waals surface area contributed by atoms with Gasteiger partial charge in [-0.05, 0) is 23.3 Å². The van der Waals surface area contributed by atoms with Crippen molar-refractivity contribution in [3.63, 3.8) is 0 Å². The molecule has 1 aliphatic rings. The summed E-state index contributed by atoms with van der Waals surface area (Å²) < 4.78 is 2.45. The molecule has 5 rings (SSSR count). The van der Waals surface area contributed by atoms with Gasteiger partial charge in [0.05, 0.1) is 5.52 Å². The van der Waals surface area contributed by atoms with Crippen LogP contribution >= 0.6 is 0 Å². The molecule has 0 amide bonds. The zero-order valence-electron chi connectivity index (χ0n) is 14.3. The quantitative estimate of drug-likeness (QED) is 0.422. The fraction of sp³-hybridized carbons (Fsp3) is 0.318. The second-order valence-electron chi connectivity index (χ2n) is 7.17. The zero-order valence-corrected chi connectivity index (χ0v) is 14.3. The van der Waals surface area contributed by atoms with Crippen molar-refractivity contribution in [2.75, 3.05) is 0 Å². The standard InChI is InChI=1S/C22H22N2/c1-3-4-8-15-14(2)16-11-7-12-18-17-9-5-6-10-19(17)22-23-13-20(15)24(22)21(16)18/h5-7,9-15H,3-4,8H2,1-2H3. The molecule has 2 nitrogen and oxygen atoms in total. The number of pyridine rings is 1. The van der Waals surface area contributed by atoms with Gasteiger partial charge in [0.1, 0.15) is 5.65 Å². The SMILES string of the molecule is CCCCC1c2cnc3c4ccccc4c4cccc(c4n23)C1C. The van der Waals surface area contributed by atoms with Gasteiger partial charge in [-0.3, -0.25) is 4.40 Å². The van der Waals surface area contributed by atoms with Gasteiger partial charge in [0.2, 0.25) is 0 Å². The van der Waals surface area contributed by atoms with Gasteiger partial charge in [0.25, 0.3) is 0 Å². The molecule has 0 radical (unpaired) electrons. The average Bonchev–Trinajstić information content (AvgIpc) is 3.07. The summed E-state index contributed by atoms with van der Waals surface area (Å²) in [5, 5.41) is 3.94. The molecular weight excluding hydrogens is 292 g/mol. The van der Waals surface area contributed by atoms with Crippen LogP contribution in [0.3, 0.4) is 0 Å². The molecule has 0 N–H and O–H groups in total. The van der Waals surface area contributed by atoms with E-state index in [0.29, 0.717) is 11.8 Å². The van der Waals surface area contributed by atoms with Crippen molar-refractivity contribution in [3.05, 3.63) is 59.9 Å². The highest BCUT2D eigenvalue weighted by Crippen LogP contribution is 2.46. The number of benzene rings is 2. The lowest BCUT2D eigenvalue weighted by atomic mass is 9.79. The molecule has 0 spiro atoms. The maximum Gasteiger partial charge on any atom is 0.145 e. The first-order chi connectivity index (χ1) is 11.8. The molecule has 120 valence electrons. The van der Waals surface area contributed by atoms with Gasteiger partial charge in [0, 0.05) is 28.6 Å². The number of nitrogens with zero attached hydrogens (tertiary/aromatic N) is 2. The van der Waals surface area contributed by atoms with Crippen molar-refractivity contribution in [2.24, 2.45) is 0 Å². The van der Waals surface area contributed by atoms with E-state index >= 15 is 0 Å². The van der Waals surface area contributed by atoms with E-state index in [1.807, 2.05) is 0 Å². The van der Waals surface area contributed by atoms with Crippen molar-refractivity contribution >= 4 is 27.3 Å². The molecule has 24 heavy (non-hydrogen) atoms. The second kappa shape index (κ2) is 5.07. The number of rotatable bonds is 3. The fourth-order valence-electron chi connectivity index (χ4n) is 4.66. The van der Waals surface area contributed by atoms with Gasteiger partial charge < -0.3 is 0 Å². The van der Waals surface area contributed by atoms with Crippen LogP contribution in [0.25, 0.3) is 27.3 Å². The number of unbranched alkanes of at least 4 members (excludes halogenated alkanes) is 1. The second-order valence-corrected chi connectivity index (χ2v) is 7.17. The minimum Gasteiger partial charge on any atom is -0.296 e. The smallest absolute Gasteiger partial charge is 0.145 e. The summed E-state index contributed by atoms with van der Waals surface area (Å²) in [4.78, 5) is 4.86. The number of aromatic nitrogens is 2. The van der Waals surface area contributed by atoms with Crippen LogP contribution in [0.15, 0.2) is 48.7 Å². The summed E-state index contributed by atoms with van der Waals surface area (Å²) in [6.07, 6.45) is 5.91. The maximum absolute atomic E-state index is 4.86. The van der Waals surface area contributed by atoms with E-state index in [-0.39, 0.29) is 0 Å². The van der Waals surface area contributed by atoms with E-state index in [9.17, 15) is 0 Å². The van der Waals surface area contributed by atoms with E-state index in [0.717, 1.165) is 5.65 Å². The Hall–Kier alpha value is -2.35. The van der Waals surface area contributed by atoms with Gasteiger partial charge in [-0.2, -0.15) is 0 Å². The third-order valence-corrected chi connectivity index (χ3v) is 5.88. The van der Waals surface area contributed by atoms with Crippen molar-refractivity contribution in [1.82, 2.24) is 9.38 Å².